The number of fused-ring (bicyclic) bond motifs is 1. The van der Waals surface area contributed by atoms with Crippen LogP contribution in [0.2, 0.25) is 5.02 Å². The van der Waals surface area contributed by atoms with Gasteiger partial charge in [0.1, 0.15) is 5.82 Å². The summed E-state index contributed by atoms with van der Waals surface area (Å²) in [7, 11) is -3.42. The maximum Gasteiger partial charge on any atom is 0.211 e. The summed E-state index contributed by atoms with van der Waals surface area (Å²) in [5.41, 5.74) is 1.51. The number of rotatable bonds is 8. The SMILES string of the molecule is O=S(=O)(CCCSc1nc2ccccc2s1)NCc1ccc(F)cc1Cl. The van der Waals surface area contributed by atoms with Crippen molar-refractivity contribution in [1.29, 1.82) is 0 Å². The zero-order valence-corrected chi connectivity index (χ0v) is 16.8. The Morgan fingerprint density at radius 2 is 2.04 bits per heavy atom. The molecule has 0 aliphatic rings. The highest BCUT2D eigenvalue weighted by Gasteiger charge is 2.12. The number of thiazole rings is 1. The summed E-state index contributed by atoms with van der Waals surface area (Å²) in [4.78, 5) is 4.51. The number of thioether (sulfide) groups is 1. The zero-order valence-electron chi connectivity index (χ0n) is 13.6. The number of nitrogens with zero attached hydrogens (tertiary/aromatic N) is 1. The molecule has 0 spiro atoms. The predicted molar refractivity (Wildman–Crippen MR) is 107 cm³/mol. The molecule has 2 aromatic carbocycles. The number of hydrogen-bond donors (Lipinski definition) is 1. The van der Waals surface area contributed by atoms with Crippen LogP contribution in [0.1, 0.15) is 12.0 Å². The Bertz CT molecular complexity index is 975. The van der Waals surface area contributed by atoms with Crippen LogP contribution in [0.3, 0.4) is 0 Å². The van der Waals surface area contributed by atoms with E-state index in [1.807, 2.05) is 24.3 Å². The molecule has 1 aromatic heterocycles. The highest BCUT2D eigenvalue weighted by atomic mass is 35.5. The van der Waals surface area contributed by atoms with Crippen molar-refractivity contribution >= 4 is 54.9 Å². The first-order valence-electron chi connectivity index (χ1n) is 7.82. The van der Waals surface area contributed by atoms with Crippen LogP contribution in [0, 0.1) is 5.82 Å². The molecule has 0 saturated carbocycles. The van der Waals surface area contributed by atoms with Crippen LogP contribution in [0.15, 0.2) is 46.8 Å². The maximum absolute atomic E-state index is 13.0. The first kappa shape index (κ1) is 19.6. The smallest absolute Gasteiger partial charge is 0.211 e. The molecule has 0 unspecified atom stereocenters. The van der Waals surface area contributed by atoms with Crippen molar-refractivity contribution in [2.45, 2.75) is 17.3 Å². The highest BCUT2D eigenvalue weighted by Crippen LogP contribution is 2.29. The van der Waals surface area contributed by atoms with Gasteiger partial charge in [-0.05, 0) is 36.2 Å². The minimum Gasteiger partial charge on any atom is -0.230 e. The van der Waals surface area contributed by atoms with Crippen molar-refractivity contribution in [2.24, 2.45) is 0 Å². The van der Waals surface area contributed by atoms with Crippen LogP contribution in [0.25, 0.3) is 10.2 Å². The van der Waals surface area contributed by atoms with Gasteiger partial charge in [-0.25, -0.2) is 22.5 Å². The summed E-state index contributed by atoms with van der Waals surface area (Å²) >= 11 is 9.07. The lowest BCUT2D eigenvalue weighted by Crippen LogP contribution is -2.26. The molecule has 138 valence electrons. The summed E-state index contributed by atoms with van der Waals surface area (Å²) in [5.74, 6) is 0.232. The van der Waals surface area contributed by atoms with Gasteiger partial charge in [-0.3, -0.25) is 0 Å². The van der Waals surface area contributed by atoms with Gasteiger partial charge in [-0.15, -0.1) is 11.3 Å². The van der Waals surface area contributed by atoms with Gasteiger partial charge in [0.25, 0.3) is 0 Å². The van der Waals surface area contributed by atoms with E-state index in [0.29, 0.717) is 17.7 Å². The molecular formula is C17H16ClFN2O2S3. The Labute approximate surface area is 164 Å². The van der Waals surface area contributed by atoms with Gasteiger partial charge in [0, 0.05) is 17.3 Å². The third kappa shape index (κ3) is 5.40. The van der Waals surface area contributed by atoms with Crippen molar-refractivity contribution in [3.05, 3.63) is 58.9 Å². The summed E-state index contributed by atoms with van der Waals surface area (Å²) in [6.07, 6.45) is 0.507. The number of para-hydroxylation sites is 1. The van der Waals surface area contributed by atoms with Crippen molar-refractivity contribution in [1.82, 2.24) is 9.71 Å². The zero-order chi connectivity index (χ0) is 18.6. The fourth-order valence-electron chi connectivity index (χ4n) is 2.25. The molecule has 0 bridgehead atoms. The van der Waals surface area contributed by atoms with E-state index in [1.165, 1.54) is 18.2 Å². The van der Waals surface area contributed by atoms with Crippen LogP contribution in [0.4, 0.5) is 4.39 Å². The largest absolute Gasteiger partial charge is 0.230 e. The molecule has 0 saturated heterocycles. The number of halogens is 2. The van der Waals surface area contributed by atoms with Gasteiger partial charge in [0.15, 0.2) is 4.34 Å². The van der Waals surface area contributed by atoms with E-state index in [9.17, 15) is 12.8 Å². The van der Waals surface area contributed by atoms with Crippen LogP contribution in [0.5, 0.6) is 0 Å². The number of hydrogen-bond acceptors (Lipinski definition) is 5. The fraction of sp³-hybridized carbons (Fsp3) is 0.235. The molecule has 0 amide bonds. The molecule has 26 heavy (non-hydrogen) atoms. The van der Waals surface area contributed by atoms with E-state index in [0.717, 1.165) is 14.6 Å². The fourth-order valence-corrected chi connectivity index (χ4v) is 5.79. The minimum atomic E-state index is -3.42. The molecule has 3 rings (SSSR count). The monoisotopic (exact) mass is 430 g/mol. The van der Waals surface area contributed by atoms with Gasteiger partial charge in [0.2, 0.25) is 10.0 Å². The Morgan fingerprint density at radius 1 is 1.23 bits per heavy atom. The lowest BCUT2D eigenvalue weighted by atomic mass is 10.2. The Hall–Kier alpha value is -1.19. The van der Waals surface area contributed by atoms with Gasteiger partial charge >= 0.3 is 0 Å². The third-order valence-electron chi connectivity index (χ3n) is 3.55. The summed E-state index contributed by atoms with van der Waals surface area (Å²) in [6, 6.07) is 11.8. The average Bonchev–Trinajstić information content (AvgIpc) is 3.01. The number of benzene rings is 2. The van der Waals surface area contributed by atoms with Crippen molar-refractivity contribution in [3.8, 4) is 0 Å². The number of nitrogens with one attached hydrogen (secondary N) is 1. The molecule has 0 radical (unpaired) electrons. The van der Waals surface area contributed by atoms with Crippen LogP contribution < -0.4 is 4.72 Å². The molecule has 0 fully saturated rings. The maximum atomic E-state index is 13.0. The van der Waals surface area contributed by atoms with Crippen LogP contribution in [-0.4, -0.2) is 24.9 Å². The van der Waals surface area contributed by atoms with Gasteiger partial charge in [-0.1, -0.05) is 41.6 Å². The molecule has 9 heteroatoms. The van der Waals surface area contributed by atoms with E-state index in [4.69, 9.17) is 11.6 Å². The molecule has 4 nitrogen and oxygen atoms in total. The second kappa shape index (κ2) is 8.67. The lowest BCUT2D eigenvalue weighted by Gasteiger charge is -2.08. The normalized spacial score (nSPS) is 11.9. The second-order valence-electron chi connectivity index (χ2n) is 5.53. The second-order valence-corrected chi connectivity index (χ2v) is 10.2. The van der Waals surface area contributed by atoms with Crippen molar-refractivity contribution in [2.75, 3.05) is 11.5 Å². The van der Waals surface area contributed by atoms with E-state index < -0.39 is 15.8 Å². The average molecular weight is 431 g/mol. The molecule has 1 heterocycles. The van der Waals surface area contributed by atoms with Crippen LogP contribution >= 0.6 is 34.7 Å². The Balaban J connectivity index is 1.45. The van der Waals surface area contributed by atoms with E-state index in [-0.39, 0.29) is 17.3 Å². The molecule has 0 atom stereocenters. The molecule has 1 N–H and O–H groups in total. The predicted octanol–water partition coefficient (Wildman–Crippen LogP) is 4.69. The van der Waals surface area contributed by atoms with Gasteiger partial charge < -0.3 is 0 Å². The minimum absolute atomic E-state index is 0.0176. The van der Waals surface area contributed by atoms with E-state index in [1.54, 1.807) is 23.1 Å². The summed E-state index contributed by atoms with van der Waals surface area (Å²) in [5, 5.41) is 0.207. The quantitative estimate of drug-likeness (QED) is 0.416. The summed E-state index contributed by atoms with van der Waals surface area (Å²) in [6.45, 7) is 0.0481. The number of aromatic nitrogens is 1. The lowest BCUT2D eigenvalue weighted by molar-refractivity contribution is 0.580. The summed E-state index contributed by atoms with van der Waals surface area (Å²) < 4.78 is 41.7. The molecule has 0 aliphatic heterocycles. The van der Waals surface area contributed by atoms with Crippen molar-refractivity contribution in [3.63, 3.8) is 0 Å². The van der Waals surface area contributed by atoms with Crippen LogP contribution in [-0.2, 0) is 16.6 Å². The third-order valence-corrected chi connectivity index (χ3v) is 7.58. The topological polar surface area (TPSA) is 59.1 Å². The van der Waals surface area contributed by atoms with E-state index in [2.05, 4.69) is 9.71 Å². The van der Waals surface area contributed by atoms with E-state index >= 15 is 0 Å². The molecular weight excluding hydrogens is 415 g/mol. The molecule has 3 aromatic rings. The number of sulfonamides is 1. The van der Waals surface area contributed by atoms with Gasteiger partial charge in [0.05, 0.1) is 16.0 Å². The first-order chi connectivity index (χ1) is 12.4. The standard InChI is InChI=1S/C17H16ClFN2O2S3/c18-14-10-13(19)7-6-12(14)11-20-26(22,23)9-3-8-24-17-21-15-4-1-2-5-16(15)25-17/h1-2,4-7,10,20H,3,8-9,11H2. The Morgan fingerprint density at radius 3 is 2.81 bits per heavy atom. The Kier molecular flexibility index (Phi) is 6.52. The first-order valence-corrected chi connectivity index (χ1v) is 11.7. The molecule has 0 aliphatic carbocycles. The van der Waals surface area contributed by atoms with Gasteiger partial charge in [-0.2, -0.15) is 0 Å². The highest BCUT2D eigenvalue weighted by molar-refractivity contribution is 8.01. The van der Waals surface area contributed by atoms with Crippen molar-refractivity contribution < 1.29 is 12.8 Å².